The second kappa shape index (κ2) is 4.64. The Kier molecular flexibility index (Phi) is 2.76. The summed E-state index contributed by atoms with van der Waals surface area (Å²) in [4.78, 5) is 0. The molecule has 0 saturated heterocycles. The third kappa shape index (κ3) is 1.85. The van der Waals surface area contributed by atoms with Gasteiger partial charge in [0.15, 0.2) is 0 Å². The summed E-state index contributed by atoms with van der Waals surface area (Å²) in [5.41, 5.74) is 10.7. The van der Waals surface area contributed by atoms with Gasteiger partial charge in [-0.3, -0.25) is 0 Å². The molecule has 3 aromatic carbocycles. The summed E-state index contributed by atoms with van der Waals surface area (Å²) < 4.78 is 6.96. The lowest BCUT2D eigenvalue weighted by Gasteiger charge is -2.08. The van der Waals surface area contributed by atoms with Crippen LogP contribution in [0.1, 0.15) is 0 Å². The lowest BCUT2D eigenvalue weighted by atomic mass is 10.0. The Hall–Kier alpha value is -2.26. The van der Waals surface area contributed by atoms with Gasteiger partial charge in [0.25, 0.3) is 0 Å². The number of anilines is 1. The van der Waals surface area contributed by atoms with Gasteiger partial charge in [0.05, 0.1) is 5.69 Å². The lowest BCUT2D eigenvalue weighted by molar-refractivity contribution is 0.670. The molecule has 0 aliphatic carbocycles. The maximum Gasteiger partial charge on any atom is 0.143 e. The molecule has 0 amide bonds. The fourth-order valence-corrected chi connectivity index (χ4v) is 3.10. The number of rotatable bonds is 1. The molecule has 0 radical (unpaired) electrons. The summed E-state index contributed by atoms with van der Waals surface area (Å²) in [6.07, 6.45) is 0. The molecule has 3 heteroatoms. The molecule has 0 atom stereocenters. The van der Waals surface area contributed by atoms with Crippen LogP contribution in [-0.4, -0.2) is 0 Å². The van der Waals surface area contributed by atoms with E-state index in [0.29, 0.717) is 0 Å². The summed E-state index contributed by atoms with van der Waals surface area (Å²) in [5.74, 6) is 0. The molecule has 21 heavy (non-hydrogen) atoms. The molecule has 0 fully saturated rings. The molecule has 0 unspecified atom stereocenters. The van der Waals surface area contributed by atoms with Gasteiger partial charge in [0.1, 0.15) is 11.2 Å². The summed E-state index contributed by atoms with van der Waals surface area (Å²) in [7, 11) is 0. The van der Waals surface area contributed by atoms with Crippen molar-refractivity contribution in [2.45, 2.75) is 0 Å². The standard InChI is InChI=1S/C18H12BrNO/c19-15-9-4-6-12(17(15)20)14-8-3-7-13-11-5-1-2-10-16(11)21-18(13)14/h1-10H,20H2. The minimum Gasteiger partial charge on any atom is -0.455 e. The minimum atomic E-state index is 0.727. The van der Waals surface area contributed by atoms with Crippen molar-refractivity contribution in [1.29, 1.82) is 0 Å². The van der Waals surface area contributed by atoms with Crippen LogP contribution in [0.5, 0.6) is 0 Å². The minimum absolute atomic E-state index is 0.727. The predicted molar refractivity (Wildman–Crippen MR) is 91.3 cm³/mol. The number of fused-ring (bicyclic) bond motifs is 3. The number of hydrogen-bond donors (Lipinski definition) is 1. The molecule has 0 spiro atoms. The van der Waals surface area contributed by atoms with Crippen molar-refractivity contribution in [3.63, 3.8) is 0 Å². The fourth-order valence-electron chi connectivity index (χ4n) is 2.73. The maximum atomic E-state index is 6.21. The Morgan fingerprint density at radius 2 is 1.48 bits per heavy atom. The monoisotopic (exact) mass is 337 g/mol. The van der Waals surface area contributed by atoms with Crippen LogP contribution in [0.25, 0.3) is 33.1 Å². The summed E-state index contributed by atoms with van der Waals surface area (Å²) >= 11 is 3.49. The zero-order chi connectivity index (χ0) is 14.4. The topological polar surface area (TPSA) is 39.2 Å². The predicted octanol–water partition coefficient (Wildman–Crippen LogP) is 5.60. The van der Waals surface area contributed by atoms with Gasteiger partial charge in [0, 0.05) is 26.4 Å². The van der Waals surface area contributed by atoms with Crippen molar-refractivity contribution in [2.75, 3.05) is 5.73 Å². The van der Waals surface area contributed by atoms with E-state index in [9.17, 15) is 0 Å². The smallest absolute Gasteiger partial charge is 0.143 e. The van der Waals surface area contributed by atoms with Gasteiger partial charge in [0.2, 0.25) is 0 Å². The number of halogens is 1. The van der Waals surface area contributed by atoms with Crippen LogP contribution in [0.3, 0.4) is 0 Å². The Labute approximate surface area is 130 Å². The first-order valence-electron chi connectivity index (χ1n) is 6.70. The molecule has 0 saturated carbocycles. The summed E-state index contributed by atoms with van der Waals surface area (Å²) in [6.45, 7) is 0. The second-order valence-electron chi connectivity index (χ2n) is 4.98. The Morgan fingerprint density at radius 3 is 2.38 bits per heavy atom. The van der Waals surface area contributed by atoms with Crippen LogP contribution in [-0.2, 0) is 0 Å². The van der Waals surface area contributed by atoms with E-state index in [1.165, 1.54) is 0 Å². The van der Waals surface area contributed by atoms with Crippen molar-refractivity contribution >= 4 is 43.6 Å². The average molecular weight is 338 g/mol. The molecule has 4 rings (SSSR count). The highest BCUT2D eigenvalue weighted by atomic mass is 79.9. The molecular formula is C18H12BrNO. The molecule has 2 N–H and O–H groups in total. The van der Waals surface area contributed by atoms with E-state index in [2.05, 4.69) is 28.1 Å². The molecule has 1 aromatic heterocycles. The lowest BCUT2D eigenvalue weighted by Crippen LogP contribution is -1.91. The van der Waals surface area contributed by atoms with Crippen LogP contribution < -0.4 is 5.73 Å². The van der Waals surface area contributed by atoms with Crippen molar-refractivity contribution in [3.8, 4) is 11.1 Å². The van der Waals surface area contributed by atoms with Crippen LogP contribution in [0.2, 0.25) is 0 Å². The van der Waals surface area contributed by atoms with Crippen molar-refractivity contribution in [1.82, 2.24) is 0 Å². The highest BCUT2D eigenvalue weighted by Crippen LogP contribution is 2.39. The maximum absolute atomic E-state index is 6.21. The highest BCUT2D eigenvalue weighted by molar-refractivity contribution is 9.10. The van der Waals surface area contributed by atoms with Gasteiger partial charge >= 0.3 is 0 Å². The van der Waals surface area contributed by atoms with Gasteiger partial charge in [-0.2, -0.15) is 0 Å². The Bertz CT molecular complexity index is 971. The number of nitrogens with two attached hydrogens (primary N) is 1. The van der Waals surface area contributed by atoms with Gasteiger partial charge < -0.3 is 10.2 Å². The molecule has 0 aliphatic rings. The van der Waals surface area contributed by atoms with Crippen molar-refractivity contribution < 1.29 is 4.42 Å². The zero-order valence-corrected chi connectivity index (χ0v) is 12.7. The summed E-state index contributed by atoms with van der Waals surface area (Å²) in [6, 6.07) is 20.2. The first kappa shape index (κ1) is 12.5. The van der Waals surface area contributed by atoms with Gasteiger partial charge in [-0.05, 0) is 28.1 Å². The molecule has 2 nitrogen and oxygen atoms in total. The second-order valence-corrected chi connectivity index (χ2v) is 5.84. The fraction of sp³-hybridized carbons (Fsp3) is 0. The SMILES string of the molecule is Nc1c(Br)cccc1-c1cccc2c1oc1ccccc12. The van der Waals surface area contributed by atoms with Gasteiger partial charge in [-0.25, -0.2) is 0 Å². The van der Waals surface area contributed by atoms with Crippen molar-refractivity contribution in [2.24, 2.45) is 0 Å². The molecule has 0 bridgehead atoms. The third-order valence-electron chi connectivity index (χ3n) is 3.75. The quantitative estimate of drug-likeness (QED) is 0.459. The normalized spacial score (nSPS) is 11.3. The molecule has 0 aliphatic heterocycles. The van der Waals surface area contributed by atoms with Gasteiger partial charge in [-0.15, -0.1) is 0 Å². The van der Waals surface area contributed by atoms with E-state index >= 15 is 0 Å². The number of furan rings is 1. The van der Waals surface area contributed by atoms with E-state index in [1.807, 2.05) is 48.5 Å². The van der Waals surface area contributed by atoms with E-state index in [0.717, 1.165) is 43.2 Å². The molecule has 1 heterocycles. The number of para-hydroxylation sites is 3. The summed E-state index contributed by atoms with van der Waals surface area (Å²) in [5, 5.41) is 2.24. The Balaban J connectivity index is 2.12. The average Bonchev–Trinajstić information content (AvgIpc) is 2.89. The van der Waals surface area contributed by atoms with E-state index < -0.39 is 0 Å². The third-order valence-corrected chi connectivity index (χ3v) is 4.44. The van der Waals surface area contributed by atoms with E-state index in [4.69, 9.17) is 10.2 Å². The van der Waals surface area contributed by atoms with Crippen LogP contribution in [0, 0.1) is 0 Å². The molecule has 4 aromatic rings. The zero-order valence-electron chi connectivity index (χ0n) is 11.1. The largest absolute Gasteiger partial charge is 0.455 e. The van der Waals surface area contributed by atoms with Crippen molar-refractivity contribution in [3.05, 3.63) is 65.1 Å². The van der Waals surface area contributed by atoms with E-state index in [1.54, 1.807) is 0 Å². The van der Waals surface area contributed by atoms with Gasteiger partial charge in [-0.1, -0.05) is 48.5 Å². The molecular weight excluding hydrogens is 326 g/mol. The first-order valence-corrected chi connectivity index (χ1v) is 7.49. The number of hydrogen-bond acceptors (Lipinski definition) is 2. The van der Waals surface area contributed by atoms with Crippen LogP contribution in [0.4, 0.5) is 5.69 Å². The number of nitrogen functional groups attached to an aromatic ring is 1. The van der Waals surface area contributed by atoms with Crippen LogP contribution >= 0.6 is 15.9 Å². The first-order chi connectivity index (χ1) is 10.3. The number of benzene rings is 3. The van der Waals surface area contributed by atoms with Crippen LogP contribution in [0.15, 0.2) is 69.6 Å². The van der Waals surface area contributed by atoms with E-state index in [-0.39, 0.29) is 0 Å². The Morgan fingerprint density at radius 1 is 0.762 bits per heavy atom. The highest BCUT2D eigenvalue weighted by Gasteiger charge is 2.14. The molecule has 102 valence electrons.